The summed E-state index contributed by atoms with van der Waals surface area (Å²) in [5.41, 5.74) is 5.71. The van der Waals surface area contributed by atoms with E-state index in [1.165, 1.54) is 0 Å². The van der Waals surface area contributed by atoms with E-state index in [-0.39, 0.29) is 11.4 Å². The Morgan fingerprint density at radius 3 is 2.87 bits per heavy atom. The summed E-state index contributed by atoms with van der Waals surface area (Å²) in [7, 11) is 0. The van der Waals surface area contributed by atoms with Crippen LogP contribution in [0.2, 0.25) is 0 Å². The first-order chi connectivity index (χ1) is 7.18. The molecule has 4 heteroatoms. The molecular weight excluding hydrogens is 190 g/mol. The molecule has 80 valence electrons. The molecule has 1 aromatic heterocycles. The van der Waals surface area contributed by atoms with Crippen LogP contribution < -0.4 is 11.1 Å². The summed E-state index contributed by atoms with van der Waals surface area (Å²) >= 11 is 0. The lowest BCUT2D eigenvalue weighted by atomic mass is 9.75. The molecule has 0 spiro atoms. The average molecular weight is 205 g/mol. The van der Waals surface area contributed by atoms with Crippen molar-refractivity contribution < 1.29 is 4.79 Å². The Kier molecular flexibility index (Phi) is 2.68. The minimum atomic E-state index is -0.265. The van der Waals surface area contributed by atoms with Gasteiger partial charge in [-0.15, -0.1) is 0 Å². The van der Waals surface area contributed by atoms with Crippen LogP contribution in [0.3, 0.4) is 0 Å². The molecule has 1 aliphatic rings. The van der Waals surface area contributed by atoms with Crippen LogP contribution in [0.15, 0.2) is 24.4 Å². The fourth-order valence-corrected chi connectivity index (χ4v) is 1.75. The van der Waals surface area contributed by atoms with Gasteiger partial charge < -0.3 is 11.1 Å². The Bertz CT molecular complexity index is 346. The van der Waals surface area contributed by atoms with Crippen molar-refractivity contribution in [3.63, 3.8) is 0 Å². The normalized spacial score (nSPS) is 17.9. The van der Waals surface area contributed by atoms with Gasteiger partial charge in [0.25, 0.3) is 0 Å². The van der Waals surface area contributed by atoms with Crippen molar-refractivity contribution >= 4 is 11.7 Å². The van der Waals surface area contributed by atoms with E-state index in [1.54, 1.807) is 12.3 Å². The second kappa shape index (κ2) is 3.98. The van der Waals surface area contributed by atoms with Gasteiger partial charge in [0.1, 0.15) is 5.82 Å². The van der Waals surface area contributed by atoms with Crippen LogP contribution in [0.1, 0.15) is 25.7 Å². The average Bonchev–Trinajstić information content (AvgIpc) is 2.16. The molecule has 1 amide bonds. The lowest BCUT2D eigenvalue weighted by molar-refractivity contribution is -0.118. The summed E-state index contributed by atoms with van der Waals surface area (Å²) in [6, 6.07) is 5.41. The quantitative estimate of drug-likeness (QED) is 0.781. The lowest BCUT2D eigenvalue weighted by Crippen LogP contribution is -2.48. The minimum Gasteiger partial charge on any atom is -0.325 e. The molecule has 0 bridgehead atoms. The smallest absolute Gasteiger partial charge is 0.227 e. The Hall–Kier alpha value is -1.42. The zero-order valence-electron chi connectivity index (χ0n) is 8.57. The van der Waals surface area contributed by atoms with E-state index in [0.29, 0.717) is 12.2 Å². The summed E-state index contributed by atoms with van der Waals surface area (Å²) in [6.45, 7) is 0. The number of hydrogen-bond donors (Lipinski definition) is 2. The summed E-state index contributed by atoms with van der Waals surface area (Å²) < 4.78 is 0. The van der Waals surface area contributed by atoms with Gasteiger partial charge in [-0.1, -0.05) is 6.07 Å². The van der Waals surface area contributed by atoms with Crippen LogP contribution in [0, 0.1) is 0 Å². The third kappa shape index (κ3) is 2.53. The highest BCUT2D eigenvalue weighted by atomic mass is 16.1. The largest absolute Gasteiger partial charge is 0.325 e. The number of anilines is 1. The summed E-state index contributed by atoms with van der Waals surface area (Å²) in [5.74, 6) is 0.543. The van der Waals surface area contributed by atoms with E-state index < -0.39 is 0 Å². The van der Waals surface area contributed by atoms with Gasteiger partial charge in [-0.05, 0) is 31.4 Å². The van der Waals surface area contributed by atoms with Gasteiger partial charge in [-0.2, -0.15) is 0 Å². The monoisotopic (exact) mass is 205 g/mol. The number of carbonyl (C=O) groups is 1. The molecule has 1 aromatic rings. The van der Waals surface area contributed by atoms with E-state index in [0.717, 1.165) is 19.3 Å². The van der Waals surface area contributed by atoms with Crippen molar-refractivity contribution in [1.29, 1.82) is 0 Å². The Balaban J connectivity index is 1.87. The van der Waals surface area contributed by atoms with Gasteiger partial charge in [0.15, 0.2) is 0 Å². The first-order valence-corrected chi connectivity index (χ1v) is 5.18. The Morgan fingerprint density at radius 1 is 1.53 bits per heavy atom. The highest BCUT2D eigenvalue weighted by Gasteiger charge is 2.34. The molecule has 3 N–H and O–H groups in total. The number of pyridine rings is 1. The Labute approximate surface area is 88.9 Å². The molecule has 1 fully saturated rings. The maximum Gasteiger partial charge on any atom is 0.227 e. The highest BCUT2D eigenvalue weighted by Crippen LogP contribution is 2.32. The highest BCUT2D eigenvalue weighted by molar-refractivity contribution is 5.90. The number of carbonyl (C=O) groups excluding carboxylic acids is 1. The SMILES string of the molecule is NC1(CC(=O)Nc2ccccn2)CCC1. The molecular formula is C11H15N3O. The Morgan fingerprint density at radius 2 is 2.33 bits per heavy atom. The van der Waals surface area contributed by atoms with Crippen molar-refractivity contribution in [1.82, 2.24) is 4.98 Å². The molecule has 0 aliphatic heterocycles. The maximum atomic E-state index is 11.6. The topological polar surface area (TPSA) is 68.0 Å². The van der Waals surface area contributed by atoms with Crippen LogP contribution in [-0.2, 0) is 4.79 Å². The van der Waals surface area contributed by atoms with Crippen molar-refractivity contribution in [2.24, 2.45) is 5.73 Å². The molecule has 0 radical (unpaired) electrons. The van der Waals surface area contributed by atoms with Gasteiger partial charge in [-0.3, -0.25) is 4.79 Å². The summed E-state index contributed by atoms with van der Waals surface area (Å²) in [6.07, 6.45) is 5.07. The first kappa shape index (κ1) is 10.1. The van der Waals surface area contributed by atoms with Crippen LogP contribution >= 0.6 is 0 Å². The molecule has 0 aromatic carbocycles. The van der Waals surface area contributed by atoms with Gasteiger partial charge in [-0.25, -0.2) is 4.98 Å². The number of hydrogen-bond acceptors (Lipinski definition) is 3. The van der Waals surface area contributed by atoms with Crippen LogP contribution in [0.5, 0.6) is 0 Å². The van der Waals surface area contributed by atoms with Gasteiger partial charge in [0.05, 0.1) is 0 Å². The molecule has 2 rings (SSSR count). The van der Waals surface area contributed by atoms with E-state index >= 15 is 0 Å². The van der Waals surface area contributed by atoms with Crippen LogP contribution in [-0.4, -0.2) is 16.4 Å². The third-order valence-electron chi connectivity index (χ3n) is 2.79. The maximum absolute atomic E-state index is 11.6. The van der Waals surface area contributed by atoms with Crippen LogP contribution in [0.4, 0.5) is 5.82 Å². The molecule has 0 unspecified atom stereocenters. The number of rotatable bonds is 3. The summed E-state index contributed by atoms with van der Waals surface area (Å²) in [4.78, 5) is 15.6. The van der Waals surface area contributed by atoms with E-state index in [4.69, 9.17) is 5.73 Å². The van der Waals surface area contributed by atoms with Gasteiger partial charge >= 0.3 is 0 Å². The van der Waals surface area contributed by atoms with Crippen molar-refractivity contribution in [3.05, 3.63) is 24.4 Å². The molecule has 1 aliphatic carbocycles. The van der Waals surface area contributed by atoms with Gasteiger partial charge in [0, 0.05) is 18.2 Å². The van der Waals surface area contributed by atoms with Gasteiger partial charge in [0.2, 0.25) is 5.91 Å². The standard InChI is InChI=1S/C11H15N3O/c12-11(5-3-6-11)8-10(15)14-9-4-1-2-7-13-9/h1-2,4,7H,3,5-6,8,12H2,(H,13,14,15). The minimum absolute atomic E-state index is 0.0455. The van der Waals surface area contributed by atoms with E-state index in [1.807, 2.05) is 12.1 Å². The fourth-order valence-electron chi connectivity index (χ4n) is 1.75. The number of aromatic nitrogens is 1. The molecule has 15 heavy (non-hydrogen) atoms. The molecule has 0 atom stereocenters. The third-order valence-corrected chi connectivity index (χ3v) is 2.79. The number of nitrogens with zero attached hydrogens (tertiary/aromatic N) is 1. The molecule has 0 saturated heterocycles. The molecule has 4 nitrogen and oxygen atoms in total. The predicted octanol–water partition coefficient (Wildman–Crippen LogP) is 1.29. The lowest BCUT2D eigenvalue weighted by Gasteiger charge is -2.37. The number of nitrogens with two attached hydrogens (primary N) is 1. The predicted molar refractivity (Wildman–Crippen MR) is 58.3 cm³/mol. The fraction of sp³-hybridized carbons (Fsp3) is 0.455. The van der Waals surface area contributed by atoms with Crippen molar-refractivity contribution in [3.8, 4) is 0 Å². The van der Waals surface area contributed by atoms with E-state index in [2.05, 4.69) is 10.3 Å². The molecule has 1 saturated carbocycles. The van der Waals surface area contributed by atoms with Crippen molar-refractivity contribution in [2.75, 3.05) is 5.32 Å². The van der Waals surface area contributed by atoms with Crippen LogP contribution in [0.25, 0.3) is 0 Å². The number of amides is 1. The second-order valence-corrected chi connectivity index (χ2v) is 4.16. The zero-order valence-corrected chi connectivity index (χ0v) is 8.57. The second-order valence-electron chi connectivity index (χ2n) is 4.16. The van der Waals surface area contributed by atoms with Crippen molar-refractivity contribution in [2.45, 2.75) is 31.2 Å². The van der Waals surface area contributed by atoms with E-state index in [9.17, 15) is 4.79 Å². The number of nitrogens with one attached hydrogen (secondary N) is 1. The zero-order chi connectivity index (χ0) is 10.7. The molecule has 1 heterocycles. The summed E-state index contributed by atoms with van der Waals surface area (Å²) in [5, 5.41) is 2.74. The first-order valence-electron chi connectivity index (χ1n) is 5.18.